The van der Waals surface area contributed by atoms with Crippen LogP contribution in [0, 0.1) is 0 Å². The van der Waals surface area contributed by atoms with Gasteiger partial charge in [0.05, 0.1) is 24.3 Å². The molecule has 6 rings (SSSR count). The fraction of sp³-hybridized carbons (Fsp3) is 0.423. The van der Waals surface area contributed by atoms with Crippen LogP contribution >= 0.6 is 0 Å². The fourth-order valence-corrected chi connectivity index (χ4v) is 5.30. The third-order valence-corrected chi connectivity index (χ3v) is 7.16. The third-order valence-electron chi connectivity index (χ3n) is 7.16. The van der Waals surface area contributed by atoms with Gasteiger partial charge >= 0.3 is 0 Å². The van der Waals surface area contributed by atoms with Crippen molar-refractivity contribution >= 4 is 29.5 Å². The summed E-state index contributed by atoms with van der Waals surface area (Å²) in [6.45, 7) is 5.11. The van der Waals surface area contributed by atoms with Gasteiger partial charge in [0.15, 0.2) is 0 Å². The summed E-state index contributed by atoms with van der Waals surface area (Å²) in [6, 6.07) is 3.69. The maximum absolute atomic E-state index is 13.3. The standard InChI is InChI=1S/C26H27N5O6/c32-22-7-5-19(24(33)28-22)31-25(34)18-2-1-3-20(23(18)26(31)35)37-15-17-14-30-13-16(4-6-21(30)27-17)12-29-8-10-36-11-9-29/h1-4,6,13,17,19H,5,7-12,14-15H2,(H,28,32,33). The molecule has 37 heavy (non-hydrogen) atoms. The second-order valence-electron chi connectivity index (χ2n) is 9.66. The van der Waals surface area contributed by atoms with Crippen LogP contribution in [0.2, 0.25) is 0 Å². The van der Waals surface area contributed by atoms with Crippen molar-refractivity contribution in [1.29, 1.82) is 0 Å². The number of hydrogen-bond acceptors (Lipinski definition) is 9. The molecule has 1 N–H and O–H groups in total. The molecule has 0 saturated carbocycles. The van der Waals surface area contributed by atoms with E-state index in [2.05, 4.69) is 27.4 Å². The van der Waals surface area contributed by atoms with Crippen molar-refractivity contribution in [1.82, 2.24) is 20.0 Å². The van der Waals surface area contributed by atoms with Gasteiger partial charge in [-0.15, -0.1) is 0 Å². The second kappa shape index (κ2) is 9.56. The maximum Gasteiger partial charge on any atom is 0.266 e. The molecule has 11 nitrogen and oxygen atoms in total. The number of fused-ring (bicyclic) bond motifs is 2. The lowest BCUT2D eigenvalue weighted by Gasteiger charge is -2.28. The van der Waals surface area contributed by atoms with Gasteiger partial charge in [0.25, 0.3) is 11.8 Å². The second-order valence-corrected chi connectivity index (χ2v) is 9.66. The van der Waals surface area contributed by atoms with Crippen LogP contribution in [0.3, 0.4) is 0 Å². The molecule has 5 heterocycles. The zero-order chi connectivity index (χ0) is 25.5. The van der Waals surface area contributed by atoms with Gasteiger partial charge in [0.1, 0.15) is 30.3 Å². The van der Waals surface area contributed by atoms with Gasteiger partial charge in [-0.3, -0.25) is 39.3 Å². The smallest absolute Gasteiger partial charge is 0.266 e. The summed E-state index contributed by atoms with van der Waals surface area (Å²) in [5, 5.41) is 2.21. The van der Waals surface area contributed by atoms with Crippen LogP contribution in [0.5, 0.6) is 5.75 Å². The van der Waals surface area contributed by atoms with Crippen LogP contribution in [0.4, 0.5) is 0 Å². The fourth-order valence-electron chi connectivity index (χ4n) is 5.30. The highest BCUT2D eigenvalue weighted by Gasteiger charge is 2.46. The van der Waals surface area contributed by atoms with Crippen LogP contribution in [0.25, 0.3) is 0 Å². The number of amidine groups is 1. The van der Waals surface area contributed by atoms with E-state index in [0.29, 0.717) is 6.54 Å². The minimum Gasteiger partial charge on any atom is -0.490 e. The number of hydrogen-bond donors (Lipinski definition) is 1. The molecule has 5 aliphatic heterocycles. The predicted octanol–water partition coefficient (Wildman–Crippen LogP) is 0.335. The highest BCUT2D eigenvalue weighted by atomic mass is 16.5. The molecule has 0 aliphatic carbocycles. The van der Waals surface area contributed by atoms with Crippen molar-refractivity contribution in [3.05, 3.63) is 53.3 Å². The molecule has 4 amide bonds. The number of piperidine rings is 1. The average molecular weight is 506 g/mol. The molecule has 0 spiro atoms. The Labute approximate surface area is 213 Å². The van der Waals surface area contributed by atoms with Crippen LogP contribution in [0.1, 0.15) is 33.6 Å². The number of carbonyl (C=O) groups excluding carboxylic acids is 4. The van der Waals surface area contributed by atoms with E-state index in [-0.39, 0.29) is 42.4 Å². The number of carbonyl (C=O) groups is 4. The van der Waals surface area contributed by atoms with Crippen molar-refractivity contribution in [3.8, 4) is 5.75 Å². The number of rotatable bonds is 6. The van der Waals surface area contributed by atoms with E-state index in [9.17, 15) is 19.2 Å². The summed E-state index contributed by atoms with van der Waals surface area (Å²) < 4.78 is 11.5. The number of ether oxygens (including phenoxy) is 2. The zero-order valence-electron chi connectivity index (χ0n) is 20.2. The first-order chi connectivity index (χ1) is 18.0. The van der Waals surface area contributed by atoms with E-state index in [1.165, 1.54) is 5.57 Å². The number of benzene rings is 1. The van der Waals surface area contributed by atoms with Gasteiger partial charge in [-0.05, 0) is 30.2 Å². The first-order valence-corrected chi connectivity index (χ1v) is 12.5. The molecule has 0 aromatic heterocycles. The van der Waals surface area contributed by atoms with Crippen molar-refractivity contribution < 1.29 is 28.7 Å². The molecule has 2 fully saturated rings. The molecule has 2 atom stereocenters. The molecule has 1 aromatic rings. The number of morpholine rings is 1. The summed E-state index contributed by atoms with van der Waals surface area (Å²) in [5.74, 6) is -1.03. The highest BCUT2D eigenvalue weighted by Crippen LogP contribution is 2.34. The molecule has 2 saturated heterocycles. The van der Waals surface area contributed by atoms with Crippen LogP contribution in [-0.4, -0.2) is 102 Å². The molecule has 0 bridgehead atoms. The van der Waals surface area contributed by atoms with E-state index >= 15 is 0 Å². The maximum atomic E-state index is 13.3. The summed E-state index contributed by atoms with van der Waals surface area (Å²) in [4.78, 5) is 60.3. The molecule has 2 unspecified atom stereocenters. The zero-order valence-corrected chi connectivity index (χ0v) is 20.2. The number of imide groups is 2. The molecule has 192 valence electrons. The summed E-state index contributed by atoms with van der Waals surface area (Å²) in [6.07, 6.45) is 6.40. The van der Waals surface area contributed by atoms with E-state index in [1.54, 1.807) is 18.2 Å². The van der Waals surface area contributed by atoms with E-state index in [1.807, 2.05) is 6.08 Å². The lowest BCUT2D eigenvalue weighted by molar-refractivity contribution is -0.136. The van der Waals surface area contributed by atoms with Crippen LogP contribution in [-0.2, 0) is 14.3 Å². The Bertz CT molecular complexity index is 1260. The van der Waals surface area contributed by atoms with E-state index in [4.69, 9.17) is 14.5 Å². The molecular formula is C26H27N5O6. The van der Waals surface area contributed by atoms with Gasteiger partial charge in [-0.2, -0.15) is 0 Å². The number of amides is 4. The van der Waals surface area contributed by atoms with Crippen molar-refractivity contribution in [2.45, 2.75) is 24.9 Å². The lowest BCUT2D eigenvalue weighted by Crippen LogP contribution is -2.54. The Kier molecular flexibility index (Phi) is 6.09. The van der Waals surface area contributed by atoms with Gasteiger partial charge in [-0.25, -0.2) is 0 Å². The first-order valence-electron chi connectivity index (χ1n) is 12.5. The molecule has 1 aromatic carbocycles. The Hall–Kier alpha value is -3.83. The summed E-state index contributed by atoms with van der Waals surface area (Å²) in [7, 11) is 0. The topological polar surface area (TPSA) is 121 Å². The quantitative estimate of drug-likeness (QED) is 0.550. The number of nitrogens with one attached hydrogen (secondary N) is 1. The normalized spacial score (nSPS) is 25.6. The van der Waals surface area contributed by atoms with Crippen LogP contribution < -0.4 is 10.1 Å². The van der Waals surface area contributed by atoms with E-state index in [0.717, 1.165) is 43.6 Å². The molecule has 5 aliphatic rings. The highest BCUT2D eigenvalue weighted by molar-refractivity contribution is 6.24. The minimum absolute atomic E-state index is 0.0722. The number of aliphatic imine (C=N–C) groups is 1. The van der Waals surface area contributed by atoms with Gasteiger partial charge in [0, 0.05) is 38.8 Å². The Morgan fingerprint density at radius 1 is 1.08 bits per heavy atom. The van der Waals surface area contributed by atoms with Crippen molar-refractivity contribution in [2.24, 2.45) is 4.99 Å². The monoisotopic (exact) mass is 505 g/mol. The Morgan fingerprint density at radius 2 is 1.92 bits per heavy atom. The SMILES string of the molecule is O=C1CCC(N2C(=O)c3cccc(OCC4CN5C=C(CN6CCOCC6)C=CC5=N4)c3C2=O)C(=O)N1. The summed E-state index contributed by atoms with van der Waals surface area (Å²) in [5.41, 5.74) is 1.55. The van der Waals surface area contributed by atoms with Crippen LogP contribution in [0.15, 0.2) is 47.1 Å². The molecular weight excluding hydrogens is 478 g/mol. The predicted molar refractivity (Wildman–Crippen MR) is 131 cm³/mol. The van der Waals surface area contributed by atoms with E-state index < -0.39 is 29.7 Å². The largest absolute Gasteiger partial charge is 0.490 e. The molecule has 0 radical (unpaired) electrons. The number of nitrogens with zero attached hydrogens (tertiary/aromatic N) is 4. The van der Waals surface area contributed by atoms with Crippen molar-refractivity contribution in [2.75, 3.05) is 46.0 Å². The minimum atomic E-state index is -1.01. The lowest BCUT2D eigenvalue weighted by atomic mass is 10.0. The van der Waals surface area contributed by atoms with Gasteiger partial charge in [-0.1, -0.05) is 12.1 Å². The third kappa shape index (κ3) is 4.44. The first kappa shape index (κ1) is 23.6. The average Bonchev–Trinajstić information content (AvgIpc) is 3.42. The molecule has 11 heteroatoms. The van der Waals surface area contributed by atoms with Gasteiger partial charge < -0.3 is 14.4 Å². The summed E-state index contributed by atoms with van der Waals surface area (Å²) >= 11 is 0. The Balaban J connectivity index is 1.11. The van der Waals surface area contributed by atoms with Gasteiger partial charge in [0.2, 0.25) is 11.8 Å². The van der Waals surface area contributed by atoms with Crippen molar-refractivity contribution in [3.63, 3.8) is 0 Å². The Morgan fingerprint density at radius 3 is 2.73 bits per heavy atom.